The van der Waals surface area contributed by atoms with Crippen molar-refractivity contribution in [3.8, 4) is 11.3 Å². The fourth-order valence-electron chi connectivity index (χ4n) is 4.17. The largest absolute Gasteiger partial charge is 0.466 e. The lowest BCUT2D eigenvalue weighted by Gasteiger charge is -2.14. The van der Waals surface area contributed by atoms with Crippen LogP contribution in [0.3, 0.4) is 0 Å². The Morgan fingerprint density at radius 2 is 1.76 bits per heavy atom. The summed E-state index contributed by atoms with van der Waals surface area (Å²) in [4.78, 5) is 42.8. The second kappa shape index (κ2) is 8.26. The number of hydrogen-bond acceptors (Lipinski definition) is 7. The smallest absolute Gasteiger partial charge is 0.259 e. The van der Waals surface area contributed by atoms with Crippen LogP contribution in [0.5, 0.6) is 0 Å². The highest BCUT2D eigenvalue weighted by Gasteiger charge is 2.28. The van der Waals surface area contributed by atoms with Gasteiger partial charge < -0.3 is 14.3 Å². The van der Waals surface area contributed by atoms with Gasteiger partial charge in [0.05, 0.1) is 28.9 Å². The number of carbonyl (C=O) groups excluding carboxylic acids is 3. The molecule has 3 aromatic heterocycles. The number of aromatic nitrogens is 2. The number of rotatable bonds is 5. The van der Waals surface area contributed by atoms with Crippen molar-refractivity contribution in [1.29, 1.82) is 0 Å². The second-order valence-electron chi connectivity index (χ2n) is 8.35. The lowest BCUT2D eigenvalue weighted by molar-refractivity contribution is -0.139. The Morgan fingerprint density at radius 1 is 1.06 bits per heavy atom. The lowest BCUT2D eigenvalue weighted by Crippen LogP contribution is -2.28. The first-order chi connectivity index (χ1) is 16.3. The number of furan rings is 1. The van der Waals surface area contributed by atoms with Crippen LogP contribution in [0, 0.1) is 20.8 Å². The highest BCUT2D eigenvalue weighted by Crippen LogP contribution is 2.31. The van der Waals surface area contributed by atoms with Crippen molar-refractivity contribution in [2.24, 2.45) is 0 Å². The fraction of sp³-hybridized carbons (Fsp3) is 0.240. The van der Waals surface area contributed by atoms with Gasteiger partial charge in [0.1, 0.15) is 11.5 Å². The van der Waals surface area contributed by atoms with Gasteiger partial charge in [0.15, 0.2) is 0 Å². The van der Waals surface area contributed by atoms with E-state index in [1.54, 1.807) is 37.3 Å². The number of carbonyl (C=O) groups is 3. The van der Waals surface area contributed by atoms with Crippen molar-refractivity contribution >= 4 is 34.5 Å². The van der Waals surface area contributed by atoms with Crippen molar-refractivity contribution in [3.63, 3.8) is 0 Å². The Morgan fingerprint density at radius 3 is 2.41 bits per heavy atom. The minimum absolute atomic E-state index is 0.160. The molecule has 0 radical (unpaired) electrons. The predicted molar refractivity (Wildman–Crippen MR) is 123 cm³/mol. The molecule has 1 saturated heterocycles. The summed E-state index contributed by atoms with van der Waals surface area (Å²) in [7, 11) is 0. The standard InChI is InChI=1S/C25H22N4O5/c1-13-10-18(15(3)33-13)20-11-19(23-14(2)28-34-25(23)27-20)24(32)26-17-6-4-16(5-7-17)12-29-21(30)8-9-22(29)31/h4-7,10-11H,8-9,12H2,1-3H3,(H,26,32). The molecular formula is C25H22N4O5. The van der Waals surface area contributed by atoms with E-state index < -0.39 is 0 Å². The first kappa shape index (κ1) is 21.6. The van der Waals surface area contributed by atoms with Crippen LogP contribution >= 0.6 is 0 Å². The van der Waals surface area contributed by atoms with Gasteiger partial charge in [0, 0.05) is 24.1 Å². The quantitative estimate of drug-likeness (QED) is 0.443. The molecule has 0 aliphatic carbocycles. The molecule has 0 saturated carbocycles. The van der Waals surface area contributed by atoms with Crippen molar-refractivity contribution in [3.05, 3.63) is 64.7 Å². The molecule has 172 valence electrons. The Kier molecular flexibility index (Phi) is 5.24. The molecule has 1 aliphatic heterocycles. The summed E-state index contributed by atoms with van der Waals surface area (Å²) in [5.41, 5.74) is 3.92. The normalized spacial score (nSPS) is 13.8. The minimum Gasteiger partial charge on any atom is -0.466 e. The molecule has 0 atom stereocenters. The molecule has 9 nitrogen and oxygen atoms in total. The monoisotopic (exact) mass is 458 g/mol. The molecule has 1 fully saturated rings. The Bertz CT molecular complexity index is 1430. The predicted octanol–water partition coefficient (Wildman–Crippen LogP) is 4.31. The van der Waals surface area contributed by atoms with Crippen molar-refractivity contribution in [1.82, 2.24) is 15.0 Å². The third-order valence-electron chi connectivity index (χ3n) is 5.89. The van der Waals surface area contributed by atoms with Gasteiger partial charge in [0.25, 0.3) is 11.6 Å². The van der Waals surface area contributed by atoms with Crippen LogP contribution in [-0.2, 0) is 16.1 Å². The summed E-state index contributed by atoms with van der Waals surface area (Å²) in [5, 5.41) is 7.42. The average Bonchev–Trinajstić information content (AvgIpc) is 3.46. The lowest BCUT2D eigenvalue weighted by atomic mass is 10.1. The summed E-state index contributed by atoms with van der Waals surface area (Å²) in [5.74, 6) is 0.776. The maximum Gasteiger partial charge on any atom is 0.259 e. The molecule has 9 heteroatoms. The van der Waals surface area contributed by atoms with Crippen LogP contribution in [0.1, 0.15) is 46.0 Å². The molecule has 5 rings (SSSR count). The summed E-state index contributed by atoms with van der Waals surface area (Å²) in [6, 6.07) is 10.6. The molecule has 34 heavy (non-hydrogen) atoms. The van der Waals surface area contributed by atoms with Crippen LogP contribution in [0.15, 0.2) is 45.3 Å². The van der Waals surface area contributed by atoms with E-state index in [0.29, 0.717) is 33.8 Å². The van der Waals surface area contributed by atoms with Crippen molar-refractivity contribution in [2.45, 2.75) is 40.2 Å². The van der Waals surface area contributed by atoms with E-state index in [1.807, 2.05) is 19.9 Å². The zero-order chi connectivity index (χ0) is 24.0. The van der Waals surface area contributed by atoms with Gasteiger partial charge in [-0.05, 0) is 50.6 Å². The Hall–Kier alpha value is -4.27. The van der Waals surface area contributed by atoms with Gasteiger partial charge >= 0.3 is 0 Å². The van der Waals surface area contributed by atoms with Gasteiger partial charge in [0.2, 0.25) is 11.8 Å². The van der Waals surface area contributed by atoms with E-state index in [-0.39, 0.29) is 42.8 Å². The molecule has 3 amide bonds. The average molecular weight is 458 g/mol. The van der Waals surface area contributed by atoms with Crippen LogP contribution in [0.2, 0.25) is 0 Å². The van der Waals surface area contributed by atoms with E-state index in [1.165, 1.54) is 4.90 Å². The zero-order valence-corrected chi connectivity index (χ0v) is 19.0. The van der Waals surface area contributed by atoms with Gasteiger partial charge in [-0.3, -0.25) is 19.3 Å². The highest BCUT2D eigenvalue weighted by atomic mass is 16.5. The molecule has 0 spiro atoms. The maximum absolute atomic E-state index is 13.3. The summed E-state index contributed by atoms with van der Waals surface area (Å²) < 4.78 is 11.0. The van der Waals surface area contributed by atoms with Crippen LogP contribution in [0.25, 0.3) is 22.4 Å². The minimum atomic E-state index is -0.338. The van der Waals surface area contributed by atoms with Crippen LogP contribution in [-0.4, -0.2) is 32.8 Å². The molecule has 0 bridgehead atoms. The number of likely N-dealkylation sites (tertiary alicyclic amines) is 1. The first-order valence-electron chi connectivity index (χ1n) is 10.9. The highest BCUT2D eigenvalue weighted by molar-refractivity contribution is 6.13. The van der Waals surface area contributed by atoms with E-state index in [9.17, 15) is 14.4 Å². The first-order valence-corrected chi connectivity index (χ1v) is 10.9. The molecule has 1 aliphatic rings. The third kappa shape index (κ3) is 3.85. The van der Waals surface area contributed by atoms with Crippen molar-refractivity contribution < 1.29 is 23.3 Å². The summed E-state index contributed by atoms with van der Waals surface area (Å²) in [6.45, 7) is 5.67. The van der Waals surface area contributed by atoms with Crippen LogP contribution in [0.4, 0.5) is 5.69 Å². The number of aryl methyl sites for hydroxylation is 3. The molecule has 1 aromatic carbocycles. The fourth-order valence-corrected chi connectivity index (χ4v) is 4.17. The van der Waals surface area contributed by atoms with Crippen LogP contribution < -0.4 is 5.32 Å². The number of nitrogens with one attached hydrogen (secondary N) is 1. The number of imide groups is 1. The molecule has 0 unspecified atom stereocenters. The number of pyridine rings is 1. The molecular weight excluding hydrogens is 436 g/mol. The SMILES string of the molecule is Cc1cc(-c2cc(C(=O)Nc3ccc(CN4C(=O)CCC4=O)cc3)c3c(C)noc3n2)c(C)o1. The molecule has 1 N–H and O–H groups in total. The number of hydrogen-bond donors (Lipinski definition) is 1. The van der Waals surface area contributed by atoms with Gasteiger partial charge in [-0.1, -0.05) is 17.3 Å². The van der Waals surface area contributed by atoms with Gasteiger partial charge in [-0.2, -0.15) is 0 Å². The van der Waals surface area contributed by atoms with Crippen molar-refractivity contribution in [2.75, 3.05) is 5.32 Å². The number of benzene rings is 1. The second-order valence-corrected chi connectivity index (χ2v) is 8.35. The number of anilines is 1. The summed E-state index contributed by atoms with van der Waals surface area (Å²) in [6.07, 6.45) is 0.519. The zero-order valence-electron chi connectivity index (χ0n) is 19.0. The number of amides is 3. The van der Waals surface area contributed by atoms with Gasteiger partial charge in [-0.15, -0.1) is 0 Å². The third-order valence-corrected chi connectivity index (χ3v) is 5.89. The van der Waals surface area contributed by atoms with E-state index in [0.717, 1.165) is 16.9 Å². The molecule has 4 aromatic rings. The van der Waals surface area contributed by atoms with E-state index in [4.69, 9.17) is 8.94 Å². The van der Waals surface area contributed by atoms with Gasteiger partial charge in [-0.25, -0.2) is 4.98 Å². The maximum atomic E-state index is 13.3. The van der Waals surface area contributed by atoms with E-state index >= 15 is 0 Å². The Balaban J connectivity index is 1.42. The summed E-state index contributed by atoms with van der Waals surface area (Å²) >= 11 is 0. The number of nitrogens with zero attached hydrogens (tertiary/aromatic N) is 3. The number of fused-ring (bicyclic) bond motifs is 1. The Labute approximate surface area is 194 Å². The topological polar surface area (TPSA) is 119 Å². The molecule has 4 heterocycles. The van der Waals surface area contributed by atoms with E-state index in [2.05, 4.69) is 15.5 Å².